The molecule has 19 heavy (non-hydrogen) atoms. The third-order valence-corrected chi connectivity index (χ3v) is 2.46. The Labute approximate surface area is 112 Å². The number of aromatic nitrogens is 1. The molecule has 0 spiro atoms. The fourth-order valence-electron chi connectivity index (χ4n) is 1.38. The number of nitrogens with zero attached hydrogens (tertiary/aromatic N) is 4. The van der Waals surface area contributed by atoms with Gasteiger partial charge in [0, 0.05) is 12.3 Å². The van der Waals surface area contributed by atoms with Crippen molar-refractivity contribution in [2.24, 2.45) is 16.1 Å². The third kappa shape index (κ3) is 4.84. The molecule has 0 fully saturated rings. The summed E-state index contributed by atoms with van der Waals surface area (Å²) in [4.78, 5) is 15.5. The Kier molecular flexibility index (Phi) is 6.16. The molecular weight excluding hydrogens is 244 g/mol. The fourth-order valence-corrected chi connectivity index (χ4v) is 1.38. The van der Waals surface area contributed by atoms with Crippen LogP contribution in [0.5, 0.6) is 0 Å². The summed E-state index contributed by atoms with van der Waals surface area (Å²) in [6.07, 6.45) is 2.14. The van der Waals surface area contributed by atoms with Crippen LogP contribution in [-0.4, -0.2) is 24.1 Å². The number of hydrogen-bond donors (Lipinski definition) is 0. The molecule has 100 valence electrons. The Morgan fingerprint density at radius 3 is 3.00 bits per heavy atom. The molecule has 0 saturated heterocycles. The maximum absolute atomic E-state index is 11.5. The van der Waals surface area contributed by atoms with E-state index in [1.54, 1.807) is 13.0 Å². The van der Waals surface area contributed by atoms with E-state index in [0.29, 0.717) is 24.4 Å². The summed E-state index contributed by atoms with van der Waals surface area (Å²) in [5, 5.41) is 16.6. The van der Waals surface area contributed by atoms with Crippen LogP contribution in [0.2, 0.25) is 0 Å². The maximum atomic E-state index is 11.5. The van der Waals surface area contributed by atoms with E-state index in [4.69, 9.17) is 10.00 Å². The average Bonchev–Trinajstić information content (AvgIpc) is 2.44. The number of pyridine rings is 1. The Bertz CT molecular complexity index is 494. The number of esters is 1. The Hall–Kier alpha value is -2.29. The van der Waals surface area contributed by atoms with Gasteiger partial charge < -0.3 is 4.74 Å². The van der Waals surface area contributed by atoms with E-state index in [9.17, 15) is 4.79 Å². The number of carbonyl (C=O) groups is 1. The lowest BCUT2D eigenvalue weighted by Gasteiger charge is -2.09. The zero-order valence-corrected chi connectivity index (χ0v) is 11.0. The van der Waals surface area contributed by atoms with Crippen LogP contribution in [0.4, 0.5) is 5.82 Å². The summed E-state index contributed by atoms with van der Waals surface area (Å²) in [5.41, 5.74) is 0.474. The van der Waals surface area contributed by atoms with Crippen molar-refractivity contribution in [2.45, 2.75) is 20.3 Å². The highest BCUT2D eigenvalue weighted by Crippen LogP contribution is 2.12. The van der Waals surface area contributed by atoms with Gasteiger partial charge in [0.05, 0.1) is 30.7 Å². The van der Waals surface area contributed by atoms with Crippen molar-refractivity contribution in [2.75, 3.05) is 13.2 Å². The smallest absolute Gasteiger partial charge is 0.310 e. The second-order valence-corrected chi connectivity index (χ2v) is 3.80. The normalized spacial score (nSPS) is 12.1. The van der Waals surface area contributed by atoms with Gasteiger partial charge in [-0.25, -0.2) is 4.98 Å². The van der Waals surface area contributed by atoms with Crippen LogP contribution in [0.25, 0.3) is 0 Å². The van der Waals surface area contributed by atoms with Gasteiger partial charge in [0.1, 0.15) is 0 Å². The van der Waals surface area contributed by atoms with E-state index in [1.165, 1.54) is 12.3 Å². The fraction of sp³-hybridized carbons (Fsp3) is 0.462. The highest BCUT2D eigenvalue weighted by Gasteiger charge is 2.16. The number of ether oxygens (including phenoxy) is 1. The highest BCUT2D eigenvalue weighted by atomic mass is 16.5. The van der Waals surface area contributed by atoms with E-state index < -0.39 is 0 Å². The van der Waals surface area contributed by atoms with Crippen LogP contribution < -0.4 is 0 Å². The summed E-state index contributed by atoms with van der Waals surface area (Å²) >= 11 is 0. The van der Waals surface area contributed by atoms with Gasteiger partial charge in [-0.2, -0.15) is 10.4 Å². The topological polar surface area (TPSA) is 87.7 Å². The van der Waals surface area contributed by atoms with Crippen molar-refractivity contribution in [1.29, 1.82) is 5.26 Å². The van der Waals surface area contributed by atoms with Crippen LogP contribution in [0, 0.1) is 17.2 Å². The number of hydrogen-bond acceptors (Lipinski definition) is 6. The van der Waals surface area contributed by atoms with Gasteiger partial charge in [0.25, 0.3) is 0 Å². The molecule has 1 rings (SSSR count). The molecule has 6 heteroatoms. The number of carbonyl (C=O) groups excluding carboxylic acids is 1. The molecule has 0 aromatic carbocycles. The number of azo groups is 1. The third-order valence-electron chi connectivity index (χ3n) is 2.46. The van der Waals surface area contributed by atoms with Crippen molar-refractivity contribution < 1.29 is 9.53 Å². The molecule has 1 heterocycles. The van der Waals surface area contributed by atoms with Gasteiger partial charge >= 0.3 is 5.97 Å². The average molecular weight is 260 g/mol. The van der Waals surface area contributed by atoms with E-state index in [1.807, 2.05) is 13.0 Å². The van der Waals surface area contributed by atoms with Crippen LogP contribution in [-0.2, 0) is 9.53 Å². The van der Waals surface area contributed by atoms with Gasteiger partial charge in [-0.05, 0) is 19.4 Å². The predicted octanol–water partition coefficient (Wildman–Crippen LogP) is 2.63. The SMILES string of the molecule is CCOC(=O)C(CC)CN=Nc1cc(C#N)ccn1. The molecule has 1 unspecified atom stereocenters. The molecule has 6 nitrogen and oxygen atoms in total. The van der Waals surface area contributed by atoms with Crippen molar-refractivity contribution >= 4 is 11.8 Å². The maximum Gasteiger partial charge on any atom is 0.310 e. The second-order valence-electron chi connectivity index (χ2n) is 3.80. The monoisotopic (exact) mass is 260 g/mol. The molecule has 0 amide bonds. The first-order chi connectivity index (χ1) is 9.21. The second kappa shape index (κ2) is 7.93. The first-order valence-electron chi connectivity index (χ1n) is 6.11. The number of rotatable bonds is 6. The van der Waals surface area contributed by atoms with Crippen molar-refractivity contribution in [3.8, 4) is 6.07 Å². The van der Waals surface area contributed by atoms with E-state index in [2.05, 4.69) is 15.2 Å². The molecule has 1 atom stereocenters. The molecule has 0 aliphatic rings. The van der Waals surface area contributed by atoms with Crippen molar-refractivity contribution in [3.05, 3.63) is 23.9 Å². The summed E-state index contributed by atoms with van der Waals surface area (Å²) in [5.74, 6) is -0.191. The summed E-state index contributed by atoms with van der Waals surface area (Å²) in [6, 6.07) is 5.12. The van der Waals surface area contributed by atoms with Crippen LogP contribution in [0.15, 0.2) is 28.6 Å². The molecule has 0 N–H and O–H groups in total. The lowest BCUT2D eigenvalue weighted by molar-refractivity contribution is -0.147. The van der Waals surface area contributed by atoms with Crippen LogP contribution in [0.1, 0.15) is 25.8 Å². The molecule has 0 aliphatic heterocycles. The Morgan fingerprint density at radius 1 is 1.58 bits per heavy atom. The lowest BCUT2D eigenvalue weighted by Crippen LogP contribution is -2.19. The highest BCUT2D eigenvalue weighted by molar-refractivity contribution is 5.72. The zero-order chi connectivity index (χ0) is 14.1. The Morgan fingerprint density at radius 2 is 2.37 bits per heavy atom. The van der Waals surface area contributed by atoms with Gasteiger partial charge in [-0.3, -0.25) is 4.79 Å². The van der Waals surface area contributed by atoms with Crippen LogP contribution in [0.3, 0.4) is 0 Å². The van der Waals surface area contributed by atoms with Gasteiger partial charge in [0.2, 0.25) is 0 Å². The minimum Gasteiger partial charge on any atom is -0.466 e. The van der Waals surface area contributed by atoms with Crippen molar-refractivity contribution in [1.82, 2.24) is 4.98 Å². The largest absolute Gasteiger partial charge is 0.466 e. The molecule has 1 aromatic rings. The molecule has 1 aromatic heterocycles. The first-order valence-corrected chi connectivity index (χ1v) is 6.11. The minimum atomic E-state index is -0.289. The molecule has 0 radical (unpaired) electrons. The standard InChI is InChI=1S/C13H16N4O2/c1-3-11(13(18)19-4-2)9-16-17-12-7-10(8-14)5-6-15-12/h5-7,11H,3-4,9H2,1-2H3. The number of nitriles is 1. The molecule has 0 aliphatic carbocycles. The van der Waals surface area contributed by atoms with E-state index in [-0.39, 0.29) is 18.4 Å². The van der Waals surface area contributed by atoms with E-state index in [0.717, 1.165) is 0 Å². The first kappa shape index (κ1) is 14.8. The lowest BCUT2D eigenvalue weighted by atomic mass is 10.1. The van der Waals surface area contributed by atoms with Gasteiger partial charge in [-0.15, -0.1) is 5.11 Å². The van der Waals surface area contributed by atoms with Gasteiger partial charge in [0.15, 0.2) is 5.82 Å². The van der Waals surface area contributed by atoms with Crippen molar-refractivity contribution in [3.63, 3.8) is 0 Å². The summed E-state index contributed by atoms with van der Waals surface area (Å²) < 4.78 is 4.93. The predicted molar refractivity (Wildman–Crippen MR) is 68.7 cm³/mol. The van der Waals surface area contributed by atoms with Crippen LogP contribution >= 0.6 is 0 Å². The summed E-state index contributed by atoms with van der Waals surface area (Å²) in [6.45, 7) is 4.28. The van der Waals surface area contributed by atoms with Gasteiger partial charge in [-0.1, -0.05) is 6.92 Å². The minimum absolute atomic E-state index is 0.258. The summed E-state index contributed by atoms with van der Waals surface area (Å²) in [7, 11) is 0. The Balaban J connectivity index is 2.61. The molecule has 0 bridgehead atoms. The van der Waals surface area contributed by atoms with E-state index >= 15 is 0 Å². The molecule has 0 saturated carbocycles. The molecular formula is C13H16N4O2. The zero-order valence-electron chi connectivity index (χ0n) is 11.0. The quantitative estimate of drug-likeness (QED) is 0.581.